The minimum atomic E-state index is 1.09. The fraction of sp³-hybridized carbons (Fsp3) is 0.727. The standard InChI is InChI=1S/C7H12N2.2C2H6/c1-5-6(2)9(4)7(3)8-5;2*1-2/h1-4H3;2*1-2H3. The number of aromatic nitrogens is 2. The lowest BCUT2D eigenvalue weighted by Gasteiger charge is -1.94. The molecule has 1 heterocycles. The Kier molecular flexibility index (Phi) is 8.87. The Morgan fingerprint density at radius 2 is 1.31 bits per heavy atom. The molecule has 0 spiro atoms. The van der Waals surface area contributed by atoms with Crippen molar-refractivity contribution in [2.24, 2.45) is 7.05 Å². The molecule has 1 rings (SSSR count). The van der Waals surface area contributed by atoms with Crippen LogP contribution >= 0.6 is 0 Å². The summed E-state index contributed by atoms with van der Waals surface area (Å²) in [5.41, 5.74) is 2.39. The predicted molar refractivity (Wildman–Crippen MR) is 60.1 cm³/mol. The quantitative estimate of drug-likeness (QED) is 0.604. The van der Waals surface area contributed by atoms with Crippen molar-refractivity contribution in [2.75, 3.05) is 0 Å². The Bertz CT molecular complexity index is 202. The Labute approximate surface area is 83.0 Å². The summed E-state index contributed by atoms with van der Waals surface area (Å²) in [4.78, 5) is 4.27. The van der Waals surface area contributed by atoms with Gasteiger partial charge in [0.25, 0.3) is 0 Å². The van der Waals surface area contributed by atoms with Gasteiger partial charge in [0.1, 0.15) is 5.82 Å². The molecular weight excluding hydrogens is 160 g/mol. The Morgan fingerprint density at radius 3 is 1.38 bits per heavy atom. The average molecular weight is 184 g/mol. The number of hydrogen-bond donors (Lipinski definition) is 0. The van der Waals surface area contributed by atoms with E-state index in [9.17, 15) is 0 Å². The summed E-state index contributed by atoms with van der Waals surface area (Å²) in [6.45, 7) is 14.1. The van der Waals surface area contributed by atoms with Gasteiger partial charge in [0.2, 0.25) is 0 Å². The SMILES string of the molecule is CC.CC.Cc1nc(C)n(C)c1C. The molecule has 0 aromatic carbocycles. The van der Waals surface area contributed by atoms with Crippen LogP contribution < -0.4 is 0 Å². The number of nitrogens with zero attached hydrogens (tertiary/aromatic N) is 2. The van der Waals surface area contributed by atoms with Crippen molar-refractivity contribution >= 4 is 0 Å². The van der Waals surface area contributed by atoms with E-state index >= 15 is 0 Å². The van der Waals surface area contributed by atoms with Crippen LogP contribution in [0.2, 0.25) is 0 Å². The molecule has 13 heavy (non-hydrogen) atoms. The summed E-state index contributed by atoms with van der Waals surface area (Å²) in [6, 6.07) is 0. The van der Waals surface area contributed by atoms with E-state index in [1.165, 1.54) is 5.69 Å². The smallest absolute Gasteiger partial charge is 0.105 e. The van der Waals surface area contributed by atoms with Crippen LogP contribution in [0, 0.1) is 20.8 Å². The minimum Gasteiger partial charge on any atom is -0.335 e. The first-order valence-electron chi connectivity index (χ1n) is 5.09. The maximum Gasteiger partial charge on any atom is 0.105 e. The van der Waals surface area contributed by atoms with Gasteiger partial charge < -0.3 is 4.57 Å². The lowest BCUT2D eigenvalue weighted by molar-refractivity contribution is 0.827. The van der Waals surface area contributed by atoms with Crippen molar-refractivity contribution < 1.29 is 0 Å². The van der Waals surface area contributed by atoms with Gasteiger partial charge in [0.15, 0.2) is 0 Å². The summed E-state index contributed by atoms with van der Waals surface area (Å²) in [6.07, 6.45) is 0. The van der Waals surface area contributed by atoms with E-state index in [4.69, 9.17) is 0 Å². The normalized spacial score (nSPS) is 8.00. The molecule has 0 atom stereocenters. The van der Waals surface area contributed by atoms with Crippen molar-refractivity contribution in [3.8, 4) is 0 Å². The molecule has 0 bridgehead atoms. The van der Waals surface area contributed by atoms with Gasteiger partial charge >= 0.3 is 0 Å². The van der Waals surface area contributed by atoms with Crippen LogP contribution in [0.25, 0.3) is 0 Å². The summed E-state index contributed by atoms with van der Waals surface area (Å²) in [7, 11) is 2.03. The molecule has 0 fully saturated rings. The molecular formula is C11H24N2. The average Bonchev–Trinajstić information content (AvgIpc) is 2.40. The van der Waals surface area contributed by atoms with Crippen LogP contribution in [-0.4, -0.2) is 9.55 Å². The molecule has 2 nitrogen and oxygen atoms in total. The molecule has 0 radical (unpaired) electrons. The molecule has 0 N–H and O–H groups in total. The highest BCUT2D eigenvalue weighted by Crippen LogP contribution is 2.05. The molecule has 0 amide bonds. The first-order valence-corrected chi connectivity index (χ1v) is 5.09. The second kappa shape index (κ2) is 7.84. The first kappa shape index (κ1) is 14.7. The van der Waals surface area contributed by atoms with Gasteiger partial charge in [0.05, 0.1) is 5.69 Å². The van der Waals surface area contributed by atoms with Crippen molar-refractivity contribution in [1.82, 2.24) is 9.55 Å². The minimum absolute atomic E-state index is 1.09. The maximum absolute atomic E-state index is 4.27. The predicted octanol–water partition coefficient (Wildman–Crippen LogP) is 3.40. The molecule has 0 aliphatic carbocycles. The molecule has 0 saturated heterocycles. The molecule has 0 saturated carbocycles. The summed E-state index contributed by atoms with van der Waals surface area (Å²) in [5, 5.41) is 0. The van der Waals surface area contributed by atoms with Crippen LogP contribution in [0.4, 0.5) is 0 Å². The zero-order valence-electron chi connectivity index (χ0n) is 10.4. The summed E-state index contributed by atoms with van der Waals surface area (Å²) < 4.78 is 2.09. The molecule has 0 unspecified atom stereocenters. The first-order chi connectivity index (χ1) is 6.13. The largest absolute Gasteiger partial charge is 0.335 e. The second-order valence-electron chi connectivity index (χ2n) is 2.39. The maximum atomic E-state index is 4.27. The summed E-state index contributed by atoms with van der Waals surface area (Å²) in [5.74, 6) is 1.09. The van der Waals surface area contributed by atoms with E-state index < -0.39 is 0 Å². The third-order valence-electron chi connectivity index (χ3n) is 1.84. The van der Waals surface area contributed by atoms with Crippen LogP contribution in [0.15, 0.2) is 0 Å². The third kappa shape index (κ3) is 4.11. The van der Waals surface area contributed by atoms with Crippen LogP contribution in [0.5, 0.6) is 0 Å². The zero-order chi connectivity index (χ0) is 11.0. The number of aryl methyl sites for hydroxylation is 2. The topological polar surface area (TPSA) is 17.8 Å². The van der Waals surface area contributed by atoms with Crippen LogP contribution in [0.1, 0.15) is 44.9 Å². The Balaban J connectivity index is 0. The zero-order valence-corrected chi connectivity index (χ0v) is 10.4. The van der Waals surface area contributed by atoms with E-state index in [0.717, 1.165) is 11.5 Å². The fourth-order valence-corrected chi connectivity index (χ4v) is 0.884. The van der Waals surface area contributed by atoms with Crippen LogP contribution in [-0.2, 0) is 7.05 Å². The van der Waals surface area contributed by atoms with E-state index in [2.05, 4.69) is 16.5 Å². The van der Waals surface area contributed by atoms with E-state index in [0.29, 0.717) is 0 Å². The fourth-order valence-electron chi connectivity index (χ4n) is 0.884. The van der Waals surface area contributed by atoms with E-state index in [1.807, 2.05) is 48.6 Å². The lowest BCUT2D eigenvalue weighted by Crippen LogP contribution is -1.92. The van der Waals surface area contributed by atoms with Gasteiger partial charge in [-0.3, -0.25) is 0 Å². The van der Waals surface area contributed by atoms with Gasteiger partial charge in [-0.15, -0.1) is 0 Å². The Hall–Kier alpha value is -0.790. The van der Waals surface area contributed by atoms with Crippen molar-refractivity contribution in [3.63, 3.8) is 0 Å². The molecule has 0 aliphatic rings. The third-order valence-corrected chi connectivity index (χ3v) is 1.84. The monoisotopic (exact) mass is 184 g/mol. The van der Waals surface area contributed by atoms with E-state index in [-0.39, 0.29) is 0 Å². The van der Waals surface area contributed by atoms with E-state index in [1.54, 1.807) is 0 Å². The molecule has 0 aliphatic heterocycles. The number of hydrogen-bond acceptors (Lipinski definition) is 1. The highest BCUT2D eigenvalue weighted by molar-refractivity contribution is 5.12. The van der Waals surface area contributed by atoms with Crippen molar-refractivity contribution in [1.29, 1.82) is 0 Å². The van der Waals surface area contributed by atoms with Gasteiger partial charge in [-0.05, 0) is 20.8 Å². The molecule has 1 aromatic rings. The highest BCUT2D eigenvalue weighted by atomic mass is 15.1. The van der Waals surface area contributed by atoms with Crippen LogP contribution in [0.3, 0.4) is 0 Å². The van der Waals surface area contributed by atoms with Crippen molar-refractivity contribution in [3.05, 3.63) is 17.2 Å². The van der Waals surface area contributed by atoms with Gasteiger partial charge in [-0.25, -0.2) is 4.98 Å². The second-order valence-corrected chi connectivity index (χ2v) is 2.39. The summed E-state index contributed by atoms with van der Waals surface area (Å²) >= 11 is 0. The Morgan fingerprint density at radius 1 is 0.923 bits per heavy atom. The number of rotatable bonds is 0. The lowest BCUT2D eigenvalue weighted by atomic mass is 10.4. The number of imidazole rings is 1. The molecule has 1 aromatic heterocycles. The molecule has 78 valence electrons. The van der Waals surface area contributed by atoms with Crippen molar-refractivity contribution in [2.45, 2.75) is 48.5 Å². The highest BCUT2D eigenvalue weighted by Gasteiger charge is 2.00. The van der Waals surface area contributed by atoms with Gasteiger partial charge in [-0.2, -0.15) is 0 Å². The molecule has 2 heteroatoms. The van der Waals surface area contributed by atoms with Gasteiger partial charge in [-0.1, -0.05) is 27.7 Å². The van der Waals surface area contributed by atoms with Gasteiger partial charge in [0, 0.05) is 12.7 Å².